The molecule has 1 aliphatic rings. The van der Waals surface area contributed by atoms with Gasteiger partial charge in [-0.2, -0.15) is 0 Å². The summed E-state index contributed by atoms with van der Waals surface area (Å²) in [6.45, 7) is 7.47. The molecule has 1 amide bonds. The highest BCUT2D eigenvalue weighted by Gasteiger charge is 2.30. The Kier molecular flexibility index (Phi) is 10.8. The second-order valence-electron chi connectivity index (χ2n) is 10.7. The van der Waals surface area contributed by atoms with Crippen LogP contribution in [0.2, 0.25) is 0 Å². The van der Waals surface area contributed by atoms with E-state index in [0.29, 0.717) is 17.9 Å². The van der Waals surface area contributed by atoms with E-state index in [1.807, 2.05) is 73.3 Å². The van der Waals surface area contributed by atoms with Gasteiger partial charge in [0.1, 0.15) is 6.61 Å². The molecule has 0 saturated carbocycles. The summed E-state index contributed by atoms with van der Waals surface area (Å²) < 4.78 is 32.1. The normalized spacial score (nSPS) is 16.2. The number of carbonyl (C=O) groups excluding carboxylic acids is 1. The van der Waals surface area contributed by atoms with Crippen molar-refractivity contribution in [2.24, 2.45) is 0 Å². The smallest absolute Gasteiger partial charge is 0.410 e. The molecule has 0 aromatic heterocycles. The van der Waals surface area contributed by atoms with E-state index in [0.717, 1.165) is 44.5 Å². The average molecular weight is 563 g/mol. The van der Waals surface area contributed by atoms with E-state index < -0.39 is 15.1 Å². The van der Waals surface area contributed by atoms with Crippen LogP contribution in [0.5, 0.6) is 0 Å². The monoisotopic (exact) mass is 562 g/mol. The molecule has 0 aliphatic carbocycles. The number of benzene rings is 3. The fourth-order valence-corrected chi connectivity index (χ4v) is 7.13. The highest BCUT2D eigenvalue weighted by Crippen LogP contribution is 2.30. The minimum absolute atomic E-state index is 0.146. The van der Waals surface area contributed by atoms with E-state index in [2.05, 4.69) is 17.0 Å². The predicted molar refractivity (Wildman–Crippen MR) is 160 cm³/mol. The van der Waals surface area contributed by atoms with Crippen LogP contribution in [-0.2, 0) is 21.2 Å². The Morgan fingerprint density at radius 2 is 1.50 bits per heavy atom. The summed E-state index contributed by atoms with van der Waals surface area (Å²) in [5.74, 6) is 0.146. The van der Waals surface area contributed by atoms with Gasteiger partial charge in [-0.25, -0.2) is 13.2 Å². The Labute approximate surface area is 239 Å². The molecule has 0 N–H and O–H groups in total. The average Bonchev–Trinajstić information content (AvgIpc) is 3.00. The van der Waals surface area contributed by atoms with Crippen LogP contribution in [0.25, 0.3) is 0 Å². The molecule has 0 unspecified atom stereocenters. The minimum Gasteiger partial charge on any atom is -0.445 e. The minimum atomic E-state index is -3.40. The second kappa shape index (κ2) is 14.5. The summed E-state index contributed by atoms with van der Waals surface area (Å²) in [5, 5.41) is -0.481. The van der Waals surface area contributed by atoms with Crippen molar-refractivity contribution in [3.8, 4) is 0 Å². The largest absolute Gasteiger partial charge is 0.445 e. The molecule has 1 heterocycles. The topological polar surface area (TPSA) is 66.9 Å². The molecule has 1 fully saturated rings. The van der Waals surface area contributed by atoms with Crippen LogP contribution in [0.4, 0.5) is 4.79 Å². The molecule has 0 spiro atoms. The van der Waals surface area contributed by atoms with Crippen LogP contribution in [-0.4, -0.2) is 61.8 Å². The van der Waals surface area contributed by atoms with Crippen molar-refractivity contribution < 1.29 is 17.9 Å². The first kappa shape index (κ1) is 29.8. The molecule has 7 heteroatoms. The molecule has 214 valence electrons. The lowest BCUT2D eigenvalue weighted by atomic mass is 9.90. The number of carbonyl (C=O) groups is 1. The first-order valence-corrected chi connectivity index (χ1v) is 16.0. The lowest BCUT2D eigenvalue weighted by molar-refractivity contribution is 0.0627. The summed E-state index contributed by atoms with van der Waals surface area (Å²) in [4.78, 5) is 17.5. The molecule has 40 heavy (non-hydrogen) atoms. The zero-order valence-corrected chi connectivity index (χ0v) is 24.5. The van der Waals surface area contributed by atoms with Crippen LogP contribution < -0.4 is 0 Å². The van der Waals surface area contributed by atoms with Crippen molar-refractivity contribution in [1.29, 1.82) is 0 Å². The lowest BCUT2D eigenvalue weighted by Gasteiger charge is -2.38. The molecule has 0 radical (unpaired) electrons. The van der Waals surface area contributed by atoms with Gasteiger partial charge in [0.05, 0.1) is 10.1 Å². The van der Waals surface area contributed by atoms with Gasteiger partial charge >= 0.3 is 6.09 Å². The van der Waals surface area contributed by atoms with Gasteiger partial charge in [-0.1, -0.05) is 78.9 Å². The third-order valence-corrected chi connectivity index (χ3v) is 10.2. The molecule has 0 bridgehead atoms. The summed E-state index contributed by atoms with van der Waals surface area (Å²) in [5.41, 5.74) is 2.17. The molecule has 4 rings (SSSR count). The van der Waals surface area contributed by atoms with Gasteiger partial charge in [-0.3, -0.25) is 0 Å². The van der Waals surface area contributed by atoms with E-state index in [1.54, 1.807) is 24.3 Å². The standard InChI is InChI=1S/C33H42N2O4S/c1-3-35(33(36)39-26-28-13-7-4-8-14-28)31-20-23-34(24-21-31)22-19-30(29-15-9-5-10-16-29)25-27(2)40(37,38)32-17-11-6-12-18-32/h4-18,27,30-31H,3,19-26H2,1-2H3/t27-,30+/m1/s1. The molecule has 1 saturated heterocycles. The molecule has 1 aliphatic heterocycles. The summed E-state index contributed by atoms with van der Waals surface area (Å²) >= 11 is 0. The van der Waals surface area contributed by atoms with E-state index >= 15 is 0 Å². The van der Waals surface area contributed by atoms with Crippen molar-refractivity contribution in [2.45, 2.75) is 68.2 Å². The fraction of sp³-hybridized carbons (Fsp3) is 0.424. The van der Waals surface area contributed by atoms with Gasteiger partial charge in [0.2, 0.25) is 0 Å². The van der Waals surface area contributed by atoms with E-state index in [4.69, 9.17) is 4.74 Å². The van der Waals surface area contributed by atoms with Crippen LogP contribution in [0.3, 0.4) is 0 Å². The maximum absolute atomic E-state index is 13.3. The van der Waals surface area contributed by atoms with Crippen molar-refractivity contribution in [3.05, 3.63) is 102 Å². The quantitative estimate of drug-likeness (QED) is 0.251. The van der Waals surface area contributed by atoms with Gasteiger partial charge in [-0.15, -0.1) is 0 Å². The zero-order valence-electron chi connectivity index (χ0n) is 23.7. The van der Waals surface area contributed by atoms with E-state index in [9.17, 15) is 13.2 Å². The van der Waals surface area contributed by atoms with Crippen LogP contribution in [0.15, 0.2) is 95.9 Å². The van der Waals surface area contributed by atoms with Gasteiger partial charge in [0.15, 0.2) is 9.84 Å². The molecule has 3 aromatic carbocycles. The number of rotatable bonds is 12. The van der Waals surface area contributed by atoms with Crippen molar-refractivity contribution in [3.63, 3.8) is 0 Å². The Balaban J connectivity index is 1.31. The Hall–Kier alpha value is -3.16. The predicted octanol–water partition coefficient (Wildman–Crippen LogP) is 6.54. The highest BCUT2D eigenvalue weighted by atomic mass is 32.2. The summed E-state index contributed by atoms with van der Waals surface area (Å²) in [7, 11) is -3.40. The number of ether oxygens (including phenoxy) is 1. The Bertz CT molecular complexity index is 1280. The van der Waals surface area contributed by atoms with Gasteiger partial charge < -0.3 is 14.5 Å². The lowest BCUT2D eigenvalue weighted by Crippen LogP contribution is -2.47. The third kappa shape index (κ3) is 7.95. The number of hydrogen-bond acceptors (Lipinski definition) is 5. The number of likely N-dealkylation sites (tertiary alicyclic amines) is 1. The summed E-state index contributed by atoms with van der Waals surface area (Å²) in [6, 6.07) is 29.0. The number of amides is 1. The molecular weight excluding hydrogens is 520 g/mol. The first-order chi connectivity index (χ1) is 19.4. The SMILES string of the molecule is CCN(C(=O)OCc1ccccc1)C1CCN(CC[C@@H](C[C@@H](C)S(=O)(=O)c2ccccc2)c2ccccc2)CC1. The zero-order chi connectivity index (χ0) is 28.4. The van der Waals surface area contributed by atoms with Gasteiger partial charge in [-0.05, 0) is 75.3 Å². The third-order valence-electron chi connectivity index (χ3n) is 8.06. The highest BCUT2D eigenvalue weighted by molar-refractivity contribution is 7.92. The van der Waals surface area contributed by atoms with Crippen molar-refractivity contribution in [2.75, 3.05) is 26.2 Å². The van der Waals surface area contributed by atoms with Crippen LogP contribution >= 0.6 is 0 Å². The van der Waals surface area contributed by atoms with Gasteiger partial charge in [0, 0.05) is 25.7 Å². The molecule has 2 atom stereocenters. The van der Waals surface area contributed by atoms with E-state index in [1.165, 1.54) is 5.56 Å². The van der Waals surface area contributed by atoms with Crippen LogP contribution in [0.1, 0.15) is 56.6 Å². The fourth-order valence-electron chi connectivity index (χ4n) is 5.65. The van der Waals surface area contributed by atoms with Gasteiger partial charge in [0.25, 0.3) is 0 Å². The maximum atomic E-state index is 13.3. The Morgan fingerprint density at radius 3 is 2.10 bits per heavy atom. The number of nitrogens with zero attached hydrogens (tertiary/aromatic N) is 2. The molecule has 3 aromatic rings. The van der Waals surface area contributed by atoms with Crippen LogP contribution in [0, 0.1) is 0 Å². The summed E-state index contributed by atoms with van der Waals surface area (Å²) in [6.07, 6.45) is 3.03. The number of piperidine rings is 1. The second-order valence-corrected chi connectivity index (χ2v) is 13.1. The van der Waals surface area contributed by atoms with Crippen molar-refractivity contribution in [1.82, 2.24) is 9.80 Å². The molecular formula is C33H42N2O4S. The number of sulfone groups is 1. The molecule has 6 nitrogen and oxygen atoms in total. The van der Waals surface area contributed by atoms with Crippen molar-refractivity contribution >= 4 is 15.9 Å². The Morgan fingerprint density at radius 1 is 0.925 bits per heavy atom. The first-order valence-electron chi connectivity index (χ1n) is 14.4. The maximum Gasteiger partial charge on any atom is 0.410 e. The number of hydrogen-bond donors (Lipinski definition) is 0. The van der Waals surface area contributed by atoms with E-state index in [-0.39, 0.29) is 24.7 Å².